The molecule has 3 aliphatic carbocycles. The van der Waals surface area contributed by atoms with Gasteiger partial charge in [0, 0.05) is 10.8 Å². The van der Waals surface area contributed by atoms with Crippen molar-refractivity contribution in [2.45, 2.75) is 33.6 Å². The van der Waals surface area contributed by atoms with Crippen molar-refractivity contribution >= 4 is 11.6 Å². The lowest BCUT2D eigenvalue weighted by molar-refractivity contribution is -0.130. The number of carbonyl (C=O) groups excluding carboxylic acids is 2. The van der Waals surface area contributed by atoms with E-state index >= 15 is 0 Å². The van der Waals surface area contributed by atoms with Crippen LogP contribution in [0.15, 0.2) is 34.9 Å². The summed E-state index contributed by atoms with van der Waals surface area (Å²) in [5, 5.41) is 18.6. The first-order valence-corrected chi connectivity index (χ1v) is 8.22. The Morgan fingerprint density at radius 1 is 1.12 bits per heavy atom. The fraction of sp³-hybridized carbons (Fsp3) is 0.429. The van der Waals surface area contributed by atoms with Crippen LogP contribution in [0.1, 0.15) is 33.6 Å². The highest BCUT2D eigenvalue weighted by molar-refractivity contribution is 6.09. The van der Waals surface area contributed by atoms with Gasteiger partial charge >= 0.3 is 0 Å². The Bertz CT molecular complexity index is 926. The van der Waals surface area contributed by atoms with Crippen molar-refractivity contribution in [2.75, 3.05) is 0 Å². The molecule has 4 heteroatoms. The fourth-order valence-corrected chi connectivity index (χ4v) is 4.96. The average Bonchev–Trinajstić information content (AvgIpc) is 2.58. The quantitative estimate of drug-likeness (QED) is 0.639. The Hall–Kier alpha value is -2.90. The second-order valence-corrected chi connectivity index (χ2v) is 7.80. The van der Waals surface area contributed by atoms with Gasteiger partial charge in [0.25, 0.3) is 0 Å². The number of terminal acetylenes is 1. The van der Waals surface area contributed by atoms with Gasteiger partial charge in [-0.2, -0.15) is 10.5 Å². The van der Waals surface area contributed by atoms with Crippen molar-refractivity contribution in [1.29, 1.82) is 10.5 Å². The van der Waals surface area contributed by atoms with Gasteiger partial charge in [0.2, 0.25) is 0 Å². The molecule has 0 bridgehead atoms. The van der Waals surface area contributed by atoms with Crippen LogP contribution in [0.4, 0.5) is 0 Å². The Morgan fingerprint density at radius 2 is 1.76 bits per heavy atom. The van der Waals surface area contributed by atoms with E-state index in [2.05, 4.69) is 5.92 Å². The summed E-state index contributed by atoms with van der Waals surface area (Å²) >= 11 is 0. The normalized spacial score (nSPS) is 35.7. The summed E-state index contributed by atoms with van der Waals surface area (Å²) in [5.74, 6) is 2.19. The van der Waals surface area contributed by atoms with E-state index in [0.717, 1.165) is 5.57 Å². The molecule has 124 valence electrons. The lowest BCUT2D eigenvalue weighted by atomic mass is 9.45. The number of hydrogen-bond acceptors (Lipinski definition) is 4. The molecule has 0 heterocycles. The summed E-state index contributed by atoms with van der Waals surface area (Å²) in [5.41, 5.74) is -1.34. The standard InChI is InChI=1S/C21H18N2O2/c1-5-21-7-6-16-19(2,3)18(25)14(12-23)9-20(16,4)17(21)8-15(24)13(10-21)11-22/h1,8-10,16H,6-7H2,2-4H3/t16-,20-,21-/m0/s1. The molecule has 0 aliphatic heterocycles. The van der Waals surface area contributed by atoms with E-state index in [4.69, 9.17) is 6.42 Å². The summed E-state index contributed by atoms with van der Waals surface area (Å²) in [7, 11) is 0. The lowest BCUT2D eigenvalue weighted by Gasteiger charge is -2.56. The predicted molar refractivity (Wildman–Crippen MR) is 91.4 cm³/mol. The van der Waals surface area contributed by atoms with Gasteiger partial charge < -0.3 is 0 Å². The predicted octanol–water partition coefficient (Wildman–Crippen LogP) is 3.04. The van der Waals surface area contributed by atoms with Crippen LogP contribution < -0.4 is 0 Å². The Kier molecular flexibility index (Phi) is 3.42. The third kappa shape index (κ3) is 2.00. The van der Waals surface area contributed by atoms with Crippen molar-refractivity contribution in [3.05, 3.63) is 34.9 Å². The maximum atomic E-state index is 12.7. The zero-order valence-corrected chi connectivity index (χ0v) is 14.5. The van der Waals surface area contributed by atoms with Gasteiger partial charge in [0.05, 0.1) is 16.6 Å². The Labute approximate surface area is 147 Å². The molecule has 0 amide bonds. The molecule has 4 nitrogen and oxygen atoms in total. The summed E-state index contributed by atoms with van der Waals surface area (Å²) in [6, 6.07) is 3.93. The molecule has 0 aromatic rings. The van der Waals surface area contributed by atoms with Gasteiger partial charge in [-0.25, -0.2) is 0 Å². The van der Waals surface area contributed by atoms with E-state index in [1.54, 1.807) is 12.2 Å². The molecule has 0 aromatic heterocycles. The number of carbonyl (C=O) groups is 2. The van der Waals surface area contributed by atoms with Crippen LogP contribution in [0.5, 0.6) is 0 Å². The van der Waals surface area contributed by atoms with Crippen molar-refractivity contribution < 1.29 is 9.59 Å². The SMILES string of the molecule is C#C[C@]12C=C(C#N)C(=O)C=C1[C@@]1(C)C=C(C#N)C(=O)C(C)(C)[C@@H]1CC2. The topological polar surface area (TPSA) is 81.7 Å². The maximum absolute atomic E-state index is 12.7. The molecule has 0 N–H and O–H groups in total. The van der Waals surface area contributed by atoms with Crippen LogP contribution in [-0.4, -0.2) is 11.6 Å². The number of allylic oxidation sites excluding steroid dienone is 6. The first-order valence-electron chi connectivity index (χ1n) is 8.22. The summed E-state index contributed by atoms with van der Waals surface area (Å²) in [6.07, 6.45) is 11.8. The maximum Gasteiger partial charge on any atom is 0.196 e. The molecule has 0 radical (unpaired) electrons. The fourth-order valence-electron chi connectivity index (χ4n) is 4.96. The van der Waals surface area contributed by atoms with Gasteiger partial charge in [0.1, 0.15) is 12.1 Å². The van der Waals surface area contributed by atoms with Crippen molar-refractivity contribution in [3.8, 4) is 24.5 Å². The first kappa shape index (κ1) is 16.9. The van der Waals surface area contributed by atoms with E-state index in [-0.39, 0.29) is 28.6 Å². The second kappa shape index (κ2) is 5.05. The van der Waals surface area contributed by atoms with Crippen LogP contribution in [0.3, 0.4) is 0 Å². The molecule has 3 rings (SSSR count). The second-order valence-electron chi connectivity index (χ2n) is 7.80. The van der Waals surface area contributed by atoms with Gasteiger partial charge in [-0.15, -0.1) is 6.42 Å². The minimum absolute atomic E-state index is 0.0550. The molecular weight excluding hydrogens is 312 g/mol. The summed E-state index contributed by atoms with van der Waals surface area (Å²) in [4.78, 5) is 25.0. The highest BCUT2D eigenvalue weighted by atomic mass is 16.1. The van der Waals surface area contributed by atoms with E-state index in [9.17, 15) is 20.1 Å². The van der Waals surface area contributed by atoms with Gasteiger partial charge in [-0.05, 0) is 36.5 Å². The molecule has 0 unspecified atom stereocenters. The molecule has 0 spiro atoms. The van der Waals surface area contributed by atoms with Crippen LogP contribution in [0.25, 0.3) is 0 Å². The molecule has 1 saturated carbocycles. The number of Topliss-reactive ketones (excluding diaryl/α,β-unsaturated/α-hetero) is 1. The number of ketones is 2. The number of nitrogens with zero attached hydrogens (tertiary/aromatic N) is 2. The van der Waals surface area contributed by atoms with Crippen molar-refractivity contribution in [3.63, 3.8) is 0 Å². The molecule has 25 heavy (non-hydrogen) atoms. The largest absolute Gasteiger partial charge is 0.293 e. The number of hydrogen-bond donors (Lipinski definition) is 0. The van der Waals surface area contributed by atoms with Gasteiger partial charge in [-0.3, -0.25) is 9.59 Å². The Morgan fingerprint density at radius 3 is 2.32 bits per heavy atom. The van der Waals surface area contributed by atoms with Crippen LogP contribution in [-0.2, 0) is 9.59 Å². The Balaban J connectivity index is 2.31. The van der Waals surface area contributed by atoms with Gasteiger partial charge in [0.15, 0.2) is 11.6 Å². The lowest BCUT2D eigenvalue weighted by Crippen LogP contribution is -2.53. The van der Waals surface area contributed by atoms with Crippen molar-refractivity contribution in [2.24, 2.45) is 22.2 Å². The number of fused-ring (bicyclic) bond motifs is 3. The minimum atomic E-state index is -0.822. The van der Waals surface area contributed by atoms with Crippen LogP contribution >= 0.6 is 0 Å². The zero-order valence-electron chi connectivity index (χ0n) is 14.5. The first-order chi connectivity index (χ1) is 11.7. The molecule has 0 aromatic carbocycles. The highest BCUT2D eigenvalue weighted by Crippen LogP contribution is 2.63. The third-order valence-corrected chi connectivity index (χ3v) is 6.19. The average molecular weight is 330 g/mol. The van der Waals surface area contributed by atoms with E-state index in [0.29, 0.717) is 12.8 Å². The van der Waals surface area contributed by atoms with E-state index < -0.39 is 16.2 Å². The van der Waals surface area contributed by atoms with Gasteiger partial charge in [-0.1, -0.05) is 32.8 Å². The highest BCUT2D eigenvalue weighted by Gasteiger charge is 2.59. The molecular formula is C21H18N2O2. The van der Waals surface area contributed by atoms with Crippen molar-refractivity contribution in [1.82, 2.24) is 0 Å². The third-order valence-electron chi connectivity index (χ3n) is 6.19. The number of rotatable bonds is 0. The molecule has 3 atom stereocenters. The number of nitriles is 2. The molecule has 1 fully saturated rings. The smallest absolute Gasteiger partial charge is 0.196 e. The summed E-state index contributed by atoms with van der Waals surface area (Å²) < 4.78 is 0. The van der Waals surface area contributed by atoms with Crippen LogP contribution in [0.2, 0.25) is 0 Å². The molecule has 0 saturated heterocycles. The van der Waals surface area contributed by atoms with E-state index in [1.807, 2.05) is 32.9 Å². The zero-order chi connectivity index (χ0) is 18.6. The van der Waals surface area contributed by atoms with E-state index in [1.165, 1.54) is 6.08 Å². The molecule has 3 aliphatic rings. The van der Waals surface area contributed by atoms with Crippen LogP contribution in [0, 0.1) is 57.2 Å². The monoisotopic (exact) mass is 330 g/mol. The summed E-state index contributed by atoms with van der Waals surface area (Å²) in [6.45, 7) is 5.65. The minimum Gasteiger partial charge on any atom is -0.293 e.